The van der Waals surface area contributed by atoms with Gasteiger partial charge in [0.2, 0.25) is 0 Å². The van der Waals surface area contributed by atoms with Crippen molar-refractivity contribution in [2.75, 3.05) is 33.4 Å². The van der Waals surface area contributed by atoms with Gasteiger partial charge in [-0.2, -0.15) is 0 Å². The summed E-state index contributed by atoms with van der Waals surface area (Å²) in [5, 5.41) is 9.99. The number of hydrogen-bond acceptors (Lipinski definition) is 4. The number of aliphatic hydroxyl groups is 1. The van der Waals surface area contributed by atoms with Gasteiger partial charge in [0.05, 0.1) is 18.8 Å². The number of aliphatic hydroxyl groups excluding tert-OH is 1. The largest absolute Gasteiger partial charge is 0.389 e. The van der Waals surface area contributed by atoms with Crippen LogP contribution in [-0.4, -0.2) is 61.7 Å². The number of rotatable bonds is 8. The minimum Gasteiger partial charge on any atom is -0.389 e. The van der Waals surface area contributed by atoms with E-state index in [4.69, 9.17) is 9.47 Å². The van der Waals surface area contributed by atoms with Crippen LogP contribution in [0.25, 0.3) is 0 Å². The van der Waals surface area contributed by atoms with Gasteiger partial charge in [-0.25, -0.2) is 0 Å². The predicted molar refractivity (Wildman–Crippen MR) is 72.8 cm³/mol. The first-order valence-electron chi connectivity index (χ1n) is 7.25. The van der Waals surface area contributed by atoms with Gasteiger partial charge in [-0.05, 0) is 32.7 Å². The Bertz CT molecular complexity index is 203. The van der Waals surface area contributed by atoms with Crippen molar-refractivity contribution in [2.24, 2.45) is 0 Å². The summed E-state index contributed by atoms with van der Waals surface area (Å²) in [6, 6.07) is 0.558. The van der Waals surface area contributed by atoms with Crippen LogP contribution in [0.1, 0.15) is 39.5 Å². The summed E-state index contributed by atoms with van der Waals surface area (Å²) in [4.78, 5) is 2.23. The highest BCUT2D eigenvalue weighted by molar-refractivity contribution is 4.70. The molecule has 1 aliphatic heterocycles. The van der Waals surface area contributed by atoms with E-state index in [1.54, 1.807) is 0 Å². The normalized spacial score (nSPS) is 19.7. The van der Waals surface area contributed by atoms with Crippen LogP contribution in [0.4, 0.5) is 0 Å². The third-order valence-electron chi connectivity index (χ3n) is 3.76. The summed E-state index contributed by atoms with van der Waals surface area (Å²) in [6.45, 7) is 7.08. The number of ether oxygens (including phenoxy) is 2. The van der Waals surface area contributed by atoms with Crippen LogP contribution in [0.5, 0.6) is 0 Å². The van der Waals surface area contributed by atoms with E-state index < -0.39 is 6.10 Å². The first-order valence-corrected chi connectivity index (χ1v) is 7.25. The lowest BCUT2D eigenvalue weighted by atomic mass is 10.1. The molecule has 18 heavy (non-hydrogen) atoms. The van der Waals surface area contributed by atoms with Crippen LogP contribution >= 0.6 is 0 Å². The van der Waals surface area contributed by atoms with E-state index in [1.807, 2.05) is 0 Å². The molecule has 1 aliphatic rings. The first-order chi connectivity index (χ1) is 8.67. The molecule has 4 heteroatoms. The van der Waals surface area contributed by atoms with Crippen LogP contribution in [0.3, 0.4) is 0 Å². The third-order valence-corrected chi connectivity index (χ3v) is 3.76. The molecule has 0 aromatic rings. The Labute approximate surface area is 111 Å². The van der Waals surface area contributed by atoms with Gasteiger partial charge >= 0.3 is 0 Å². The smallest absolute Gasteiger partial charge is 0.0900 e. The van der Waals surface area contributed by atoms with Crippen molar-refractivity contribution < 1.29 is 14.6 Å². The average Bonchev–Trinajstić information content (AvgIpc) is 2.39. The molecular weight excluding hydrogens is 230 g/mol. The average molecular weight is 259 g/mol. The highest BCUT2D eigenvalue weighted by Gasteiger charge is 2.18. The summed E-state index contributed by atoms with van der Waals surface area (Å²) in [5.41, 5.74) is 0. The van der Waals surface area contributed by atoms with Gasteiger partial charge in [0.15, 0.2) is 0 Å². The third kappa shape index (κ3) is 5.65. The molecule has 0 bridgehead atoms. The van der Waals surface area contributed by atoms with Crippen molar-refractivity contribution in [3.8, 4) is 0 Å². The van der Waals surface area contributed by atoms with Crippen LogP contribution in [0, 0.1) is 0 Å². The molecule has 1 heterocycles. The molecule has 0 aromatic heterocycles. The van der Waals surface area contributed by atoms with Gasteiger partial charge in [0.25, 0.3) is 0 Å². The van der Waals surface area contributed by atoms with E-state index in [1.165, 1.54) is 0 Å². The summed E-state index contributed by atoms with van der Waals surface area (Å²) in [7, 11) is 2.08. The Kier molecular flexibility index (Phi) is 7.82. The fourth-order valence-corrected chi connectivity index (χ4v) is 2.54. The molecule has 4 nitrogen and oxygen atoms in total. The summed E-state index contributed by atoms with van der Waals surface area (Å²) >= 11 is 0. The van der Waals surface area contributed by atoms with Gasteiger partial charge in [0.1, 0.15) is 0 Å². The predicted octanol–water partition coefficient (Wildman–Crippen LogP) is 1.66. The molecule has 1 N–H and O–H groups in total. The Balaban J connectivity index is 2.17. The molecule has 0 saturated carbocycles. The number of nitrogens with zero attached hydrogens (tertiary/aromatic N) is 1. The van der Waals surface area contributed by atoms with E-state index in [-0.39, 0.29) is 6.10 Å². The second-order valence-corrected chi connectivity index (χ2v) is 5.21. The lowest BCUT2D eigenvalue weighted by molar-refractivity contribution is -0.0647. The molecule has 0 radical (unpaired) electrons. The summed E-state index contributed by atoms with van der Waals surface area (Å²) < 4.78 is 11.0. The van der Waals surface area contributed by atoms with Crippen LogP contribution < -0.4 is 0 Å². The standard InChI is InChI=1S/C14H29NO3/c1-4-12(5-2)15(3)10-13(16)11-18-14-6-8-17-9-7-14/h12-14,16H,4-11H2,1-3H3. The van der Waals surface area contributed by atoms with E-state index in [0.717, 1.165) is 38.9 Å². The maximum absolute atomic E-state index is 9.99. The Morgan fingerprint density at radius 3 is 2.44 bits per heavy atom. The quantitative estimate of drug-likeness (QED) is 0.720. The van der Waals surface area contributed by atoms with Crippen molar-refractivity contribution in [1.29, 1.82) is 0 Å². The molecule has 1 saturated heterocycles. The van der Waals surface area contributed by atoms with Gasteiger partial charge in [-0.15, -0.1) is 0 Å². The van der Waals surface area contributed by atoms with Crippen LogP contribution in [-0.2, 0) is 9.47 Å². The van der Waals surface area contributed by atoms with Crippen molar-refractivity contribution in [1.82, 2.24) is 4.90 Å². The zero-order chi connectivity index (χ0) is 13.4. The maximum atomic E-state index is 9.99. The molecule has 1 atom stereocenters. The zero-order valence-electron chi connectivity index (χ0n) is 12.1. The fraction of sp³-hybridized carbons (Fsp3) is 1.00. The minimum absolute atomic E-state index is 0.270. The molecule has 0 aromatic carbocycles. The van der Waals surface area contributed by atoms with E-state index in [9.17, 15) is 5.11 Å². The van der Waals surface area contributed by atoms with Gasteiger partial charge in [-0.3, -0.25) is 0 Å². The first kappa shape index (κ1) is 15.9. The zero-order valence-corrected chi connectivity index (χ0v) is 12.1. The number of hydrogen-bond donors (Lipinski definition) is 1. The van der Waals surface area contributed by atoms with Crippen LogP contribution in [0.15, 0.2) is 0 Å². The van der Waals surface area contributed by atoms with Crippen LogP contribution in [0.2, 0.25) is 0 Å². The van der Waals surface area contributed by atoms with E-state index >= 15 is 0 Å². The molecule has 108 valence electrons. The molecule has 0 aliphatic carbocycles. The van der Waals surface area contributed by atoms with Crippen molar-refractivity contribution in [3.05, 3.63) is 0 Å². The topological polar surface area (TPSA) is 41.9 Å². The molecule has 1 rings (SSSR count). The number of likely N-dealkylation sites (N-methyl/N-ethyl adjacent to an activating group) is 1. The monoisotopic (exact) mass is 259 g/mol. The maximum Gasteiger partial charge on any atom is 0.0900 e. The van der Waals surface area contributed by atoms with Crippen molar-refractivity contribution in [2.45, 2.75) is 57.8 Å². The minimum atomic E-state index is -0.390. The summed E-state index contributed by atoms with van der Waals surface area (Å²) in [5.74, 6) is 0. The molecular formula is C14H29NO3. The highest BCUT2D eigenvalue weighted by atomic mass is 16.5. The molecule has 1 fully saturated rings. The highest BCUT2D eigenvalue weighted by Crippen LogP contribution is 2.12. The van der Waals surface area contributed by atoms with Gasteiger partial charge in [0, 0.05) is 25.8 Å². The van der Waals surface area contributed by atoms with E-state index in [0.29, 0.717) is 19.2 Å². The fourth-order valence-electron chi connectivity index (χ4n) is 2.54. The molecule has 0 spiro atoms. The van der Waals surface area contributed by atoms with E-state index in [2.05, 4.69) is 25.8 Å². The second-order valence-electron chi connectivity index (χ2n) is 5.21. The second kappa shape index (κ2) is 8.86. The Morgan fingerprint density at radius 1 is 1.28 bits per heavy atom. The Morgan fingerprint density at radius 2 is 1.89 bits per heavy atom. The van der Waals surface area contributed by atoms with Crippen molar-refractivity contribution in [3.63, 3.8) is 0 Å². The molecule has 0 amide bonds. The van der Waals surface area contributed by atoms with Gasteiger partial charge < -0.3 is 19.5 Å². The van der Waals surface area contributed by atoms with Crippen molar-refractivity contribution >= 4 is 0 Å². The Hall–Kier alpha value is -0.160. The SMILES string of the molecule is CCC(CC)N(C)CC(O)COC1CCOCC1. The lowest BCUT2D eigenvalue weighted by Crippen LogP contribution is -2.39. The summed E-state index contributed by atoms with van der Waals surface area (Å²) in [6.07, 6.45) is 4.04. The molecule has 1 unspecified atom stereocenters. The lowest BCUT2D eigenvalue weighted by Gasteiger charge is -2.29. The van der Waals surface area contributed by atoms with Gasteiger partial charge in [-0.1, -0.05) is 13.8 Å².